The van der Waals surface area contributed by atoms with E-state index < -0.39 is 0 Å². The maximum Gasteiger partial charge on any atom is 0.251 e. The van der Waals surface area contributed by atoms with Crippen LogP contribution in [-0.4, -0.2) is 30.1 Å². The van der Waals surface area contributed by atoms with E-state index in [4.69, 9.17) is 4.74 Å². The normalized spacial score (nSPS) is 16.9. The second-order valence-corrected chi connectivity index (χ2v) is 6.01. The lowest BCUT2D eigenvalue weighted by Gasteiger charge is -2.11. The fraction of sp³-hybridized carbons (Fsp3) is 0.368. The number of nitrogens with one attached hydrogen (secondary N) is 2. The molecule has 1 amide bonds. The predicted molar refractivity (Wildman–Crippen MR) is 92.5 cm³/mol. The van der Waals surface area contributed by atoms with Crippen LogP contribution in [0.3, 0.4) is 0 Å². The zero-order chi connectivity index (χ0) is 16.6. The number of hydrogen-bond acceptors (Lipinski definition) is 4. The van der Waals surface area contributed by atoms with Gasteiger partial charge in [-0.1, -0.05) is 18.2 Å². The molecule has 1 saturated heterocycles. The first-order valence-electron chi connectivity index (χ1n) is 8.39. The maximum atomic E-state index is 12.3. The quantitative estimate of drug-likeness (QED) is 0.820. The first kappa shape index (κ1) is 16.6. The van der Waals surface area contributed by atoms with Crippen LogP contribution in [0.15, 0.2) is 48.8 Å². The molecule has 1 aromatic heterocycles. The Morgan fingerprint density at radius 3 is 2.88 bits per heavy atom. The van der Waals surface area contributed by atoms with Crippen molar-refractivity contribution in [1.82, 2.24) is 15.6 Å². The second kappa shape index (κ2) is 8.57. The summed E-state index contributed by atoms with van der Waals surface area (Å²) in [6, 6.07) is 11.7. The first-order chi connectivity index (χ1) is 11.8. The summed E-state index contributed by atoms with van der Waals surface area (Å²) in [6.07, 6.45) is 5.89. The number of rotatable bonds is 7. The molecule has 126 valence electrons. The monoisotopic (exact) mass is 325 g/mol. The number of hydrogen-bond donors (Lipinski definition) is 2. The van der Waals surface area contributed by atoms with Gasteiger partial charge in [-0.2, -0.15) is 0 Å². The van der Waals surface area contributed by atoms with E-state index in [2.05, 4.69) is 15.6 Å². The number of pyridine rings is 1. The summed E-state index contributed by atoms with van der Waals surface area (Å²) in [4.78, 5) is 16.4. The van der Waals surface area contributed by atoms with Crippen molar-refractivity contribution in [3.05, 3.63) is 65.5 Å². The average Bonchev–Trinajstić information content (AvgIpc) is 3.14. The van der Waals surface area contributed by atoms with Crippen molar-refractivity contribution in [2.75, 3.05) is 13.2 Å². The third-order valence-electron chi connectivity index (χ3n) is 4.08. The summed E-state index contributed by atoms with van der Waals surface area (Å²) in [5.74, 6) is -0.0420. The molecule has 0 radical (unpaired) electrons. The minimum atomic E-state index is -0.0420. The lowest BCUT2D eigenvalue weighted by atomic mass is 10.1. The Balaban J connectivity index is 1.48. The molecule has 1 atom stereocenters. The van der Waals surface area contributed by atoms with Crippen LogP contribution < -0.4 is 10.6 Å². The van der Waals surface area contributed by atoms with Gasteiger partial charge in [-0.05, 0) is 42.2 Å². The van der Waals surface area contributed by atoms with Gasteiger partial charge in [0.15, 0.2) is 0 Å². The minimum absolute atomic E-state index is 0.0420. The smallest absolute Gasteiger partial charge is 0.251 e. The van der Waals surface area contributed by atoms with Crippen molar-refractivity contribution in [2.24, 2.45) is 0 Å². The molecule has 2 aromatic rings. The second-order valence-electron chi connectivity index (χ2n) is 6.01. The molecule has 0 saturated carbocycles. The SMILES string of the molecule is O=C(NCC1CCCO1)c1cccc(CNCc2cccnc2)c1. The summed E-state index contributed by atoms with van der Waals surface area (Å²) in [5, 5.41) is 6.33. The van der Waals surface area contributed by atoms with Gasteiger partial charge < -0.3 is 15.4 Å². The van der Waals surface area contributed by atoms with Crippen molar-refractivity contribution in [3.8, 4) is 0 Å². The summed E-state index contributed by atoms with van der Waals surface area (Å²) < 4.78 is 5.53. The van der Waals surface area contributed by atoms with Gasteiger partial charge in [0.2, 0.25) is 0 Å². The van der Waals surface area contributed by atoms with E-state index in [0.29, 0.717) is 18.7 Å². The van der Waals surface area contributed by atoms with Gasteiger partial charge in [0.1, 0.15) is 0 Å². The first-order valence-corrected chi connectivity index (χ1v) is 8.39. The lowest BCUT2D eigenvalue weighted by Crippen LogP contribution is -2.31. The molecule has 0 spiro atoms. The van der Waals surface area contributed by atoms with Gasteiger partial charge >= 0.3 is 0 Å². The highest BCUT2D eigenvalue weighted by Gasteiger charge is 2.16. The Kier molecular flexibility index (Phi) is 5.93. The molecule has 1 unspecified atom stereocenters. The maximum absolute atomic E-state index is 12.3. The topological polar surface area (TPSA) is 63.2 Å². The van der Waals surface area contributed by atoms with E-state index in [1.165, 1.54) is 0 Å². The van der Waals surface area contributed by atoms with E-state index in [1.807, 2.05) is 42.6 Å². The largest absolute Gasteiger partial charge is 0.376 e. The highest BCUT2D eigenvalue weighted by molar-refractivity contribution is 5.94. The van der Waals surface area contributed by atoms with Crippen LogP contribution in [0.2, 0.25) is 0 Å². The molecule has 0 aliphatic carbocycles. The highest BCUT2D eigenvalue weighted by atomic mass is 16.5. The Morgan fingerprint density at radius 1 is 1.21 bits per heavy atom. The molecule has 1 aliphatic rings. The summed E-state index contributed by atoms with van der Waals surface area (Å²) >= 11 is 0. The van der Waals surface area contributed by atoms with Gasteiger partial charge in [0.05, 0.1) is 6.10 Å². The molecule has 5 heteroatoms. The van der Waals surface area contributed by atoms with E-state index in [-0.39, 0.29) is 12.0 Å². The number of benzene rings is 1. The van der Waals surface area contributed by atoms with Gasteiger partial charge in [0.25, 0.3) is 5.91 Å². The molecule has 24 heavy (non-hydrogen) atoms. The molecular formula is C19H23N3O2. The zero-order valence-electron chi connectivity index (χ0n) is 13.7. The molecular weight excluding hydrogens is 302 g/mol. The van der Waals surface area contributed by atoms with Crippen LogP contribution in [-0.2, 0) is 17.8 Å². The average molecular weight is 325 g/mol. The molecule has 3 rings (SSSR count). The number of carbonyl (C=O) groups is 1. The van der Waals surface area contributed by atoms with Crippen LogP contribution in [0, 0.1) is 0 Å². The zero-order valence-corrected chi connectivity index (χ0v) is 13.7. The lowest BCUT2D eigenvalue weighted by molar-refractivity contribution is 0.0857. The Labute approximate surface area is 142 Å². The molecule has 1 aliphatic heterocycles. The Hall–Kier alpha value is -2.24. The number of aromatic nitrogens is 1. The van der Waals surface area contributed by atoms with Crippen molar-refractivity contribution in [1.29, 1.82) is 0 Å². The third kappa shape index (κ3) is 4.88. The van der Waals surface area contributed by atoms with E-state index in [0.717, 1.165) is 37.1 Å². The van der Waals surface area contributed by atoms with Gasteiger partial charge in [-0.3, -0.25) is 9.78 Å². The predicted octanol–water partition coefficient (Wildman–Crippen LogP) is 2.28. The summed E-state index contributed by atoms with van der Waals surface area (Å²) in [6.45, 7) is 2.85. The number of amides is 1. The third-order valence-corrected chi connectivity index (χ3v) is 4.08. The highest BCUT2D eigenvalue weighted by Crippen LogP contribution is 2.11. The van der Waals surface area contributed by atoms with Gasteiger partial charge in [0, 0.05) is 44.2 Å². The molecule has 1 aromatic carbocycles. The molecule has 5 nitrogen and oxygen atoms in total. The molecule has 2 heterocycles. The number of nitrogens with zero attached hydrogens (tertiary/aromatic N) is 1. The van der Waals surface area contributed by atoms with Crippen LogP contribution in [0.5, 0.6) is 0 Å². The molecule has 2 N–H and O–H groups in total. The van der Waals surface area contributed by atoms with Crippen LogP contribution in [0.4, 0.5) is 0 Å². The number of carbonyl (C=O) groups excluding carboxylic acids is 1. The van der Waals surface area contributed by atoms with Crippen molar-refractivity contribution in [2.45, 2.75) is 32.0 Å². The molecule has 1 fully saturated rings. The fourth-order valence-corrected chi connectivity index (χ4v) is 2.79. The van der Waals surface area contributed by atoms with Crippen LogP contribution in [0.25, 0.3) is 0 Å². The molecule has 0 bridgehead atoms. The standard InChI is InChI=1S/C19H23N3O2/c23-19(22-14-18-7-3-9-24-18)17-6-1-4-15(10-17)11-21-13-16-5-2-8-20-12-16/h1-2,4-6,8,10,12,18,21H,3,7,9,11,13-14H2,(H,22,23). The van der Waals surface area contributed by atoms with Crippen molar-refractivity contribution < 1.29 is 9.53 Å². The Bertz CT molecular complexity index is 655. The van der Waals surface area contributed by atoms with Crippen molar-refractivity contribution in [3.63, 3.8) is 0 Å². The fourth-order valence-electron chi connectivity index (χ4n) is 2.79. The van der Waals surface area contributed by atoms with E-state index in [1.54, 1.807) is 6.20 Å². The van der Waals surface area contributed by atoms with E-state index >= 15 is 0 Å². The van der Waals surface area contributed by atoms with Crippen molar-refractivity contribution >= 4 is 5.91 Å². The number of ether oxygens (including phenoxy) is 1. The van der Waals surface area contributed by atoms with Crippen LogP contribution in [0.1, 0.15) is 34.3 Å². The van der Waals surface area contributed by atoms with Gasteiger partial charge in [-0.25, -0.2) is 0 Å². The van der Waals surface area contributed by atoms with Crippen LogP contribution >= 0.6 is 0 Å². The summed E-state index contributed by atoms with van der Waals surface area (Å²) in [5.41, 5.74) is 2.92. The van der Waals surface area contributed by atoms with E-state index in [9.17, 15) is 4.79 Å². The Morgan fingerprint density at radius 2 is 2.08 bits per heavy atom. The minimum Gasteiger partial charge on any atom is -0.376 e. The summed E-state index contributed by atoms with van der Waals surface area (Å²) in [7, 11) is 0. The van der Waals surface area contributed by atoms with Gasteiger partial charge in [-0.15, -0.1) is 0 Å².